The lowest BCUT2D eigenvalue weighted by molar-refractivity contribution is 0.0927. The van der Waals surface area contributed by atoms with Gasteiger partial charge in [-0.1, -0.05) is 23.7 Å². The molecule has 0 unspecified atom stereocenters. The topological polar surface area (TPSA) is 73.1 Å². The molecule has 3 rings (SSSR count). The molecule has 0 bridgehead atoms. The van der Waals surface area contributed by atoms with Gasteiger partial charge in [-0.3, -0.25) is 4.79 Å². The molecule has 8 heteroatoms. The lowest BCUT2D eigenvalue weighted by atomic mass is 10.2. The predicted molar refractivity (Wildman–Crippen MR) is 110 cm³/mol. The minimum absolute atomic E-state index is 0.182. The molecule has 28 heavy (non-hydrogen) atoms. The Balaban J connectivity index is 1.69. The standard InChI is InChI=1S/C20H16BrClN2O4/c1-26-18-10-14(11-23-24-20(25)17-3-2-8-27-17)9-16(21)19(18)28-12-13-4-6-15(22)7-5-13/h2-11H,12H2,1H3,(H,24,25)/b23-11-. The summed E-state index contributed by atoms with van der Waals surface area (Å²) in [4.78, 5) is 11.8. The van der Waals surface area contributed by atoms with Gasteiger partial charge in [-0.2, -0.15) is 5.10 Å². The second-order valence-electron chi connectivity index (χ2n) is 5.63. The van der Waals surface area contributed by atoms with Gasteiger partial charge in [0.2, 0.25) is 0 Å². The number of amides is 1. The first-order chi connectivity index (χ1) is 13.6. The van der Waals surface area contributed by atoms with Gasteiger partial charge >= 0.3 is 5.91 Å². The number of ether oxygens (including phenoxy) is 2. The molecule has 2 aromatic carbocycles. The summed E-state index contributed by atoms with van der Waals surface area (Å²) in [5.41, 5.74) is 4.08. The normalized spacial score (nSPS) is 10.8. The molecule has 0 atom stereocenters. The number of methoxy groups -OCH3 is 1. The Morgan fingerprint density at radius 1 is 1.29 bits per heavy atom. The van der Waals surface area contributed by atoms with Crippen molar-refractivity contribution >= 4 is 39.7 Å². The number of carbonyl (C=O) groups excluding carboxylic acids is 1. The molecule has 0 aliphatic rings. The SMILES string of the molecule is COc1cc(/C=N\NC(=O)c2ccco2)cc(Br)c1OCc1ccc(Cl)cc1. The summed E-state index contributed by atoms with van der Waals surface area (Å²) < 4.78 is 17.0. The van der Waals surface area contributed by atoms with Crippen LogP contribution in [-0.2, 0) is 6.61 Å². The first-order valence-corrected chi connectivity index (χ1v) is 9.35. The number of rotatable bonds is 7. The lowest BCUT2D eigenvalue weighted by Crippen LogP contribution is -2.16. The van der Waals surface area contributed by atoms with Crippen molar-refractivity contribution in [3.63, 3.8) is 0 Å². The molecule has 1 N–H and O–H groups in total. The van der Waals surface area contributed by atoms with Gasteiger partial charge in [0.15, 0.2) is 17.3 Å². The first kappa shape index (κ1) is 20.0. The summed E-state index contributed by atoms with van der Waals surface area (Å²) in [5, 5.41) is 4.60. The minimum Gasteiger partial charge on any atom is -0.493 e. The van der Waals surface area contributed by atoms with Crippen molar-refractivity contribution in [3.05, 3.63) is 81.2 Å². The van der Waals surface area contributed by atoms with Gasteiger partial charge < -0.3 is 13.9 Å². The van der Waals surface area contributed by atoms with Gasteiger partial charge in [-0.25, -0.2) is 5.43 Å². The smallest absolute Gasteiger partial charge is 0.307 e. The maximum absolute atomic E-state index is 11.8. The second-order valence-corrected chi connectivity index (χ2v) is 6.92. The van der Waals surface area contributed by atoms with Crippen molar-refractivity contribution in [2.45, 2.75) is 6.61 Å². The fraction of sp³-hybridized carbons (Fsp3) is 0.100. The van der Waals surface area contributed by atoms with E-state index in [1.54, 1.807) is 25.3 Å². The number of hydrogen-bond acceptors (Lipinski definition) is 5. The van der Waals surface area contributed by atoms with Crippen LogP contribution in [0.5, 0.6) is 11.5 Å². The number of nitrogens with one attached hydrogen (secondary N) is 1. The molecule has 0 aliphatic carbocycles. The number of benzene rings is 2. The van der Waals surface area contributed by atoms with Crippen molar-refractivity contribution in [3.8, 4) is 11.5 Å². The van der Waals surface area contributed by atoms with E-state index in [1.165, 1.54) is 12.5 Å². The molecule has 6 nitrogen and oxygen atoms in total. The van der Waals surface area contributed by atoms with E-state index < -0.39 is 5.91 Å². The maximum Gasteiger partial charge on any atom is 0.307 e. The van der Waals surface area contributed by atoms with E-state index in [4.69, 9.17) is 25.5 Å². The highest BCUT2D eigenvalue weighted by molar-refractivity contribution is 9.10. The van der Waals surface area contributed by atoms with Crippen LogP contribution in [0.4, 0.5) is 0 Å². The number of carbonyl (C=O) groups is 1. The van der Waals surface area contributed by atoms with Crippen LogP contribution >= 0.6 is 27.5 Å². The van der Waals surface area contributed by atoms with Gasteiger partial charge in [0.05, 0.1) is 24.1 Å². The van der Waals surface area contributed by atoms with Crippen molar-refractivity contribution < 1.29 is 18.7 Å². The van der Waals surface area contributed by atoms with E-state index in [9.17, 15) is 4.79 Å². The van der Waals surface area contributed by atoms with Crippen LogP contribution in [0.2, 0.25) is 5.02 Å². The Labute approximate surface area is 175 Å². The number of hydrogen-bond donors (Lipinski definition) is 1. The van der Waals surface area contributed by atoms with E-state index in [-0.39, 0.29) is 5.76 Å². The lowest BCUT2D eigenvalue weighted by Gasteiger charge is -2.13. The number of halogens is 2. The third-order valence-corrected chi connectivity index (χ3v) is 4.51. The van der Waals surface area contributed by atoms with Crippen molar-refractivity contribution in [2.75, 3.05) is 7.11 Å². The molecule has 0 fully saturated rings. The molecular formula is C20H16BrClN2O4. The van der Waals surface area contributed by atoms with Gasteiger partial charge in [0.25, 0.3) is 0 Å². The van der Waals surface area contributed by atoms with Crippen LogP contribution < -0.4 is 14.9 Å². The summed E-state index contributed by atoms with van der Waals surface area (Å²) in [6.45, 7) is 0.360. The van der Waals surface area contributed by atoms with Crippen LogP contribution in [-0.4, -0.2) is 19.2 Å². The zero-order chi connectivity index (χ0) is 19.9. The monoisotopic (exact) mass is 462 g/mol. The van der Waals surface area contributed by atoms with E-state index >= 15 is 0 Å². The summed E-state index contributed by atoms with van der Waals surface area (Å²) in [6.07, 6.45) is 2.92. The molecule has 0 saturated heterocycles. The van der Waals surface area contributed by atoms with E-state index in [0.29, 0.717) is 33.2 Å². The van der Waals surface area contributed by atoms with Crippen molar-refractivity contribution in [1.29, 1.82) is 0 Å². The summed E-state index contributed by atoms with van der Waals surface area (Å²) in [6, 6.07) is 14.1. The summed E-state index contributed by atoms with van der Waals surface area (Å²) >= 11 is 9.38. The number of nitrogens with zero attached hydrogens (tertiary/aromatic N) is 1. The molecule has 3 aromatic rings. The van der Waals surface area contributed by atoms with Crippen LogP contribution in [0.1, 0.15) is 21.7 Å². The Hall–Kier alpha value is -2.77. The Bertz CT molecular complexity index is 973. The Morgan fingerprint density at radius 3 is 2.75 bits per heavy atom. The second kappa shape index (κ2) is 9.43. The highest BCUT2D eigenvalue weighted by Crippen LogP contribution is 2.36. The van der Waals surface area contributed by atoms with E-state index in [1.807, 2.05) is 30.3 Å². The quantitative estimate of drug-likeness (QED) is 0.393. The maximum atomic E-state index is 11.8. The van der Waals surface area contributed by atoms with Crippen LogP contribution in [0.3, 0.4) is 0 Å². The van der Waals surface area contributed by atoms with Gasteiger partial charge in [-0.15, -0.1) is 0 Å². The molecule has 144 valence electrons. The van der Waals surface area contributed by atoms with E-state index in [0.717, 1.165) is 5.56 Å². The number of hydrazone groups is 1. The zero-order valence-corrected chi connectivity index (χ0v) is 17.2. The number of furan rings is 1. The van der Waals surface area contributed by atoms with Gasteiger partial charge in [-0.05, 0) is 63.5 Å². The van der Waals surface area contributed by atoms with Crippen LogP contribution in [0.15, 0.2) is 68.8 Å². The first-order valence-electron chi connectivity index (χ1n) is 8.18. The van der Waals surface area contributed by atoms with Gasteiger partial charge in [0.1, 0.15) is 6.61 Å². The molecule has 0 saturated carbocycles. The summed E-state index contributed by atoms with van der Waals surface area (Å²) in [5.74, 6) is 0.841. The highest BCUT2D eigenvalue weighted by atomic mass is 79.9. The Morgan fingerprint density at radius 2 is 2.07 bits per heavy atom. The molecule has 0 spiro atoms. The third kappa shape index (κ3) is 5.15. The average Bonchev–Trinajstić information content (AvgIpc) is 3.23. The fourth-order valence-electron chi connectivity index (χ4n) is 2.32. The molecule has 0 aliphatic heterocycles. The zero-order valence-electron chi connectivity index (χ0n) is 14.8. The minimum atomic E-state index is -0.435. The highest BCUT2D eigenvalue weighted by Gasteiger charge is 2.12. The predicted octanol–water partition coefficient (Wildman–Crippen LogP) is 5.05. The van der Waals surface area contributed by atoms with Crippen molar-refractivity contribution in [2.24, 2.45) is 5.10 Å². The van der Waals surface area contributed by atoms with Crippen LogP contribution in [0.25, 0.3) is 0 Å². The average molecular weight is 464 g/mol. The molecule has 0 radical (unpaired) electrons. The molecule has 1 amide bonds. The third-order valence-electron chi connectivity index (χ3n) is 3.67. The van der Waals surface area contributed by atoms with Crippen LogP contribution in [0, 0.1) is 0 Å². The van der Waals surface area contributed by atoms with Gasteiger partial charge in [0, 0.05) is 5.02 Å². The largest absolute Gasteiger partial charge is 0.493 e. The summed E-state index contributed by atoms with van der Waals surface area (Å²) in [7, 11) is 1.55. The Kier molecular flexibility index (Phi) is 6.73. The molecule has 1 heterocycles. The molecular weight excluding hydrogens is 448 g/mol. The van der Waals surface area contributed by atoms with E-state index in [2.05, 4.69) is 26.5 Å². The fourth-order valence-corrected chi connectivity index (χ4v) is 3.02. The van der Waals surface area contributed by atoms with Crippen molar-refractivity contribution in [1.82, 2.24) is 5.43 Å². The molecule has 1 aromatic heterocycles.